The Morgan fingerprint density at radius 1 is 0.788 bits per heavy atom. The molecule has 3 aromatic carbocycles. The fraction of sp³-hybridized carbons (Fsp3) is 0. The molecule has 3 heterocycles. The first-order valence-electron chi connectivity index (χ1n) is 10.2. The summed E-state index contributed by atoms with van der Waals surface area (Å²) in [6.45, 7) is 0. The van der Waals surface area contributed by atoms with E-state index in [1.54, 1.807) is 12.1 Å². The van der Waals surface area contributed by atoms with Crippen molar-refractivity contribution >= 4 is 62.8 Å². The molecule has 0 unspecified atom stereocenters. The molecule has 0 atom stereocenters. The van der Waals surface area contributed by atoms with Gasteiger partial charge in [0.1, 0.15) is 5.69 Å². The van der Waals surface area contributed by atoms with E-state index in [9.17, 15) is 4.79 Å². The summed E-state index contributed by atoms with van der Waals surface area (Å²) in [4.78, 5) is 18.8. The van der Waals surface area contributed by atoms with Crippen LogP contribution < -0.4 is 0 Å². The second kappa shape index (κ2) is 7.63. The van der Waals surface area contributed by atoms with Crippen molar-refractivity contribution in [2.24, 2.45) is 0 Å². The van der Waals surface area contributed by atoms with Crippen LogP contribution in [0, 0.1) is 0 Å². The quantitative estimate of drug-likeness (QED) is 0.240. The molecule has 0 aliphatic rings. The number of halogens is 3. The van der Waals surface area contributed by atoms with Gasteiger partial charge in [0.2, 0.25) is 5.78 Å². The van der Waals surface area contributed by atoms with Crippen molar-refractivity contribution in [3.63, 3.8) is 0 Å². The number of benzene rings is 3. The van der Waals surface area contributed by atoms with Gasteiger partial charge in [0, 0.05) is 22.3 Å². The standard InChI is InChI=1S/C26H14Cl3N3O/c27-17-10-8-15(9-11-17)23-24(25(33)16-5-2-1-3-6-16)31-12-4-7-21(31)26-30-20-13-18(28)19(29)14-22(20)32(23)26/h1-14H. The normalized spacial score (nSPS) is 11.6. The number of carbonyl (C=O) groups excluding carboxylic acids is 1. The number of imidazole rings is 1. The maximum Gasteiger partial charge on any atom is 0.211 e. The SMILES string of the molecule is O=C(c1ccccc1)c1c(-c2ccc(Cl)cc2)n2c3cc(Cl)c(Cl)cc3nc2c2cccn12. The Morgan fingerprint density at radius 2 is 1.52 bits per heavy atom. The molecule has 6 rings (SSSR count). The molecule has 7 heteroatoms. The lowest BCUT2D eigenvalue weighted by Crippen LogP contribution is -2.13. The third kappa shape index (κ3) is 3.14. The van der Waals surface area contributed by atoms with Gasteiger partial charge in [-0.2, -0.15) is 0 Å². The number of rotatable bonds is 3. The first kappa shape index (κ1) is 20.3. The summed E-state index contributed by atoms with van der Waals surface area (Å²) in [6, 6.07) is 24.0. The van der Waals surface area contributed by atoms with Crippen molar-refractivity contribution in [3.05, 3.63) is 111 Å². The molecule has 0 spiro atoms. The first-order valence-corrected chi connectivity index (χ1v) is 11.3. The van der Waals surface area contributed by atoms with E-state index in [0.29, 0.717) is 43.2 Å². The molecular formula is C26H14Cl3N3O. The van der Waals surface area contributed by atoms with Crippen molar-refractivity contribution in [2.45, 2.75) is 0 Å². The topological polar surface area (TPSA) is 38.8 Å². The highest BCUT2D eigenvalue weighted by Crippen LogP contribution is 2.36. The molecule has 0 bridgehead atoms. The van der Waals surface area contributed by atoms with Gasteiger partial charge in [-0.05, 0) is 36.4 Å². The van der Waals surface area contributed by atoms with Gasteiger partial charge in [-0.15, -0.1) is 0 Å². The molecule has 0 aliphatic heterocycles. The lowest BCUT2D eigenvalue weighted by molar-refractivity contribution is 0.103. The largest absolute Gasteiger partial charge is 0.308 e. The van der Waals surface area contributed by atoms with E-state index in [-0.39, 0.29) is 5.78 Å². The van der Waals surface area contributed by atoms with E-state index in [4.69, 9.17) is 39.8 Å². The molecule has 3 aromatic heterocycles. The molecule has 6 aromatic rings. The molecule has 0 fully saturated rings. The zero-order valence-electron chi connectivity index (χ0n) is 17.0. The molecule has 0 amide bonds. The number of ketones is 1. The van der Waals surface area contributed by atoms with Crippen LogP contribution in [-0.4, -0.2) is 19.6 Å². The zero-order valence-corrected chi connectivity index (χ0v) is 19.2. The lowest BCUT2D eigenvalue weighted by Gasteiger charge is -2.16. The van der Waals surface area contributed by atoms with Crippen LogP contribution in [0.3, 0.4) is 0 Å². The highest BCUT2D eigenvalue weighted by atomic mass is 35.5. The summed E-state index contributed by atoms with van der Waals surface area (Å²) >= 11 is 18.9. The number of hydrogen-bond donors (Lipinski definition) is 0. The maximum atomic E-state index is 13.9. The van der Waals surface area contributed by atoms with Crippen molar-refractivity contribution in [3.8, 4) is 11.3 Å². The van der Waals surface area contributed by atoms with E-state index >= 15 is 0 Å². The van der Waals surface area contributed by atoms with Crippen molar-refractivity contribution in [1.82, 2.24) is 13.8 Å². The second-order valence-electron chi connectivity index (χ2n) is 7.69. The Kier molecular flexibility index (Phi) is 4.70. The van der Waals surface area contributed by atoms with Crippen molar-refractivity contribution < 1.29 is 4.79 Å². The third-order valence-corrected chi connectivity index (χ3v) is 6.71. The molecule has 33 heavy (non-hydrogen) atoms. The number of nitrogens with zero attached hydrogens (tertiary/aromatic N) is 3. The minimum atomic E-state index is -0.106. The maximum absolute atomic E-state index is 13.9. The number of carbonyl (C=O) groups is 1. The van der Waals surface area contributed by atoms with Crippen LogP contribution in [0.25, 0.3) is 33.5 Å². The van der Waals surface area contributed by atoms with Crippen LogP contribution in [0.4, 0.5) is 0 Å². The predicted octanol–water partition coefficient (Wildman–Crippen LogP) is 7.60. The highest BCUT2D eigenvalue weighted by Gasteiger charge is 2.25. The van der Waals surface area contributed by atoms with E-state index in [2.05, 4.69) is 0 Å². The minimum Gasteiger partial charge on any atom is -0.308 e. The Morgan fingerprint density at radius 3 is 2.27 bits per heavy atom. The van der Waals surface area contributed by atoms with Gasteiger partial charge in [0.05, 0.1) is 32.3 Å². The minimum absolute atomic E-state index is 0.106. The van der Waals surface area contributed by atoms with Gasteiger partial charge >= 0.3 is 0 Å². The van der Waals surface area contributed by atoms with Crippen LogP contribution in [0.5, 0.6) is 0 Å². The summed E-state index contributed by atoms with van der Waals surface area (Å²) in [5.74, 6) is -0.106. The zero-order chi connectivity index (χ0) is 22.7. The van der Waals surface area contributed by atoms with E-state index < -0.39 is 0 Å². The van der Waals surface area contributed by atoms with Gasteiger partial charge in [0.15, 0.2) is 5.65 Å². The summed E-state index contributed by atoms with van der Waals surface area (Å²) < 4.78 is 3.87. The Balaban J connectivity index is 1.85. The average Bonchev–Trinajstić information content (AvgIpc) is 3.44. The molecule has 0 N–H and O–H groups in total. The monoisotopic (exact) mass is 489 g/mol. The lowest BCUT2D eigenvalue weighted by atomic mass is 10.0. The van der Waals surface area contributed by atoms with Crippen LogP contribution >= 0.6 is 34.8 Å². The number of fused-ring (bicyclic) bond motifs is 5. The third-order valence-electron chi connectivity index (χ3n) is 5.73. The van der Waals surface area contributed by atoms with Crippen LogP contribution in [0.2, 0.25) is 15.1 Å². The van der Waals surface area contributed by atoms with Crippen LogP contribution in [-0.2, 0) is 0 Å². The molecular weight excluding hydrogens is 477 g/mol. The summed E-state index contributed by atoms with van der Waals surface area (Å²) in [6.07, 6.45) is 1.88. The summed E-state index contributed by atoms with van der Waals surface area (Å²) in [5, 5.41) is 1.45. The van der Waals surface area contributed by atoms with Gasteiger partial charge in [-0.25, -0.2) is 4.98 Å². The van der Waals surface area contributed by atoms with E-state index in [1.165, 1.54) is 0 Å². The fourth-order valence-electron chi connectivity index (χ4n) is 4.27. The molecule has 0 saturated heterocycles. The number of aromatic nitrogens is 3. The van der Waals surface area contributed by atoms with Gasteiger partial charge in [-0.3, -0.25) is 9.20 Å². The smallest absolute Gasteiger partial charge is 0.211 e. The van der Waals surface area contributed by atoms with Crippen LogP contribution in [0.1, 0.15) is 16.1 Å². The molecule has 160 valence electrons. The molecule has 0 radical (unpaired) electrons. The van der Waals surface area contributed by atoms with Crippen LogP contribution in [0.15, 0.2) is 85.1 Å². The Hall–Kier alpha value is -3.31. The van der Waals surface area contributed by atoms with E-state index in [1.807, 2.05) is 81.7 Å². The van der Waals surface area contributed by atoms with Crippen molar-refractivity contribution in [1.29, 1.82) is 0 Å². The van der Waals surface area contributed by atoms with E-state index in [0.717, 1.165) is 16.6 Å². The van der Waals surface area contributed by atoms with Gasteiger partial charge in [0.25, 0.3) is 0 Å². The van der Waals surface area contributed by atoms with Crippen molar-refractivity contribution in [2.75, 3.05) is 0 Å². The molecule has 0 saturated carbocycles. The number of hydrogen-bond acceptors (Lipinski definition) is 2. The van der Waals surface area contributed by atoms with Gasteiger partial charge < -0.3 is 4.40 Å². The Labute approximate surface area is 203 Å². The summed E-state index contributed by atoms with van der Waals surface area (Å²) in [7, 11) is 0. The predicted molar refractivity (Wildman–Crippen MR) is 134 cm³/mol. The average molecular weight is 491 g/mol. The summed E-state index contributed by atoms with van der Waals surface area (Å²) in [5.41, 5.74) is 5.57. The highest BCUT2D eigenvalue weighted by molar-refractivity contribution is 6.42. The molecule has 0 aliphatic carbocycles. The van der Waals surface area contributed by atoms with Gasteiger partial charge in [-0.1, -0.05) is 77.3 Å². The Bertz CT molecular complexity index is 1700. The molecule has 4 nitrogen and oxygen atoms in total. The first-order chi connectivity index (χ1) is 16.0. The fourth-order valence-corrected chi connectivity index (χ4v) is 4.71. The second-order valence-corrected chi connectivity index (χ2v) is 8.94.